The van der Waals surface area contributed by atoms with E-state index in [9.17, 15) is 13.5 Å². The Morgan fingerprint density at radius 3 is 2.48 bits per heavy atom. The number of guanidine groups is 1. The number of aliphatic imine (C=N–C) groups is 1. The molecule has 0 amide bonds. The Balaban J connectivity index is 1.92. The largest absolute Gasteiger partial charge is 0.393 e. The van der Waals surface area contributed by atoms with E-state index in [-0.39, 0.29) is 24.4 Å². The highest BCUT2D eigenvalue weighted by molar-refractivity contribution is 9.10. The third kappa shape index (κ3) is 6.60. The van der Waals surface area contributed by atoms with E-state index >= 15 is 0 Å². The summed E-state index contributed by atoms with van der Waals surface area (Å²) in [6.45, 7) is 2.88. The van der Waals surface area contributed by atoms with Gasteiger partial charge in [-0.25, -0.2) is 8.42 Å². The molecule has 25 heavy (non-hydrogen) atoms. The number of hydrogen-bond acceptors (Lipinski definition) is 4. The lowest BCUT2D eigenvalue weighted by Gasteiger charge is -2.27. The minimum atomic E-state index is -3.34. The third-order valence-corrected chi connectivity index (χ3v) is 6.42. The van der Waals surface area contributed by atoms with Gasteiger partial charge in [-0.1, -0.05) is 15.9 Å². The van der Waals surface area contributed by atoms with Gasteiger partial charge in [0.15, 0.2) is 15.8 Å². The average Bonchev–Trinajstić information content (AvgIpc) is 2.57. The fourth-order valence-corrected chi connectivity index (χ4v) is 4.15. The van der Waals surface area contributed by atoms with Crippen molar-refractivity contribution in [3.8, 4) is 0 Å². The quantitative estimate of drug-likeness (QED) is 0.473. The third-order valence-electron chi connectivity index (χ3n) is 4.18. The van der Waals surface area contributed by atoms with Gasteiger partial charge in [0.1, 0.15) is 0 Å². The summed E-state index contributed by atoms with van der Waals surface area (Å²) in [5, 5.41) is 16.1. The predicted molar refractivity (Wildman–Crippen MR) is 104 cm³/mol. The van der Waals surface area contributed by atoms with Crippen LogP contribution >= 0.6 is 15.9 Å². The van der Waals surface area contributed by atoms with Crippen LogP contribution in [0, 0.1) is 0 Å². The van der Waals surface area contributed by atoms with Crippen LogP contribution < -0.4 is 10.6 Å². The topological polar surface area (TPSA) is 90.8 Å². The predicted octanol–water partition coefficient (Wildman–Crippen LogP) is 2.08. The Bertz CT molecular complexity index is 669. The van der Waals surface area contributed by atoms with E-state index in [1.165, 1.54) is 0 Å². The summed E-state index contributed by atoms with van der Waals surface area (Å²) in [5.74, 6) is 0.601. The van der Waals surface area contributed by atoms with Gasteiger partial charge in [0.05, 0.1) is 23.3 Å². The number of hydrogen-bond donors (Lipinski definition) is 3. The van der Waals surface area contributed by atoms with Gasteiger partial charge in [0.25, 0.3) is 0 Å². The maximum Gasteiger partial charge on any atom is 0.191 e. The molecule has 0 aliphatic heterocycles. The summed E-state index contributed by atoms with van der Waals surface area (Å²) in [7, 11) is -3.34. The lowest BCUT2D eigenvalue weighted by atomic mass is 9.93. The zero-order chi connectivity index (χ0) is 18.3. The standard InChI is InChI=1S/C17H26BrN3O3S/c1-2-19-17(21-14-5-7-15(22)8-6-14)20-11-12-25(23,24)16-9-3-13(18)4-10-16/h3-4,9-10,14-15,22H,2,5-8,11-12H2,1H3,(H2,19,20,21). The minimum Gasteiger partial charge on any atom is -0.393 e. The summed E-state index contributed by atoms with van der Waals surface area (Å²) in [5.41, 5.74) is 0. The zero-order valence-electron chi connectivity index (χ0n) is 14.4. The molecule has 140 valence electrons. The second kappa shape index (κ2) is 9.54. The van der Waals surface area contributed by atoms with E-state index in [2.05, 4.69) is 31.6 Å². The first-order valence-electron chi connectivity index (χ1n) is 8.62. The van der Waals surface area contributed by atoms with E-state index in [0.717, 1.165) is 30.2 Å². The Hall–Kier alpha value is -1.12. The van der Waals surface area contributed by atoms with Crippen molar-refractivity contribution >= 4 is 31.7 Å². The van der Waals surface area contributed by atoms with Gasteiger partial charge < -0.3 is 15.7 Å². The summed E-state index contributed by atoms with van der Waals surface area (Å²) < 4.78 is 25.6. The van der Waals surface area contributed by atoms with Crippen LogP contribution in [0.2, 0.25) is 0 Å². The Morgan fingerprint density at radius 1 is 1.24 bits per heavy atom. The smallest absolute Gasteiger partial charge is 0.191 e. The van der Waals surface area contributed by atoms with Crippen LogP contribution in [0.25, 0.3) is 0 Å². The number of nitrogens with zero attached hydrogens (tertiary/aromatic N) is 1. The van der Waals surface area contributed by atoms with Crippen molar-refractivity contribution in [2.75, 3.05) is 18.8 Å². The maximum absolute atomic E-state index is 12.4. The van der Waals surface area contributed by atoms with Gasteiger partial charge in [0.2, 0.25) is 0 Å². The molecule has 0 saturated heterocycles. The first kappa shape index (κ1) is 20.2. The van der Waals surface area contributed by atoms with E-state index < -0.39 is 9.84 Å². The van der Waals surface area contributed by atoms with Gasteiger partial charge in [-0.3, -0.25) is 4.99 Å². The molecule has 0 aromatic heterocycles. The molecule has 3 N–H and O–H groups in total. The molecule has 1 saturated carbocycles. The fourth-order valence-electron chi connectivity index (χ4n) is 2.77. The molecule has 1 fully saturated rings. The van der Waals surface area contributed by atoms with Crippen molar-refractivity contribution in [1.82, 2.24) is 10.6 Å². The second-order valence-electron chi connectivity index (χ2n) is 6.18. The highest BCUT2D eigenvalue weighted by Crippen LogP contribution is 2.18. The lowest BCUT2D eigenvalue weighted by molar-refractivity contribution is 0.120. The second-order valence-corrected chi connectivity index (χ2v) is 9.21. The van der Waals surface area contributed by atoms with Crippen molar-refractivity contribution < 1.29 is 13.5 Å². The molecule has 0 unspecified atom stereocenters. The van der Waals surface area contributed by atoms with E-state index in [1.807, 2.05) is 6.92 Å². The number of rotatable bonds is 6. The zero-order valence-corrected chi connectivity index (χ0v) is 16.8. The molecule has 1 aliphatic carbocycles. The van der Waals surface area contributed by atoms with Crippen LogP contribution in [-0.2, 0) is 9.84 Å². The van der Waals surface area contributed by atoms with Gasteiger partial charge >= 0.3 is 0 Å². The monoisotopic (exact) mass is 431 g/mol. The number of aliphatic hydroxyl groups excluding tert-OH is 1. The van der Waals surface area contributed by atoms with Crippen molar-refractivity contribution in [1.29, 1.82) is 0 Å². The van der Waals surface area contributed by atoms with Gasteiger partial charge in [-0.05, 0) is 56.9 Å². The molecule has 0 heterocycles. The van der Waals surface area contributed by atoms with E-state index in [0.29, 0.717) is 17.4 Å². The van der Waals surface area contributed by atoms with E-state index in [1.54, 1.807) is 24.3 Å². The number of benzene rings is 1. The first-order chi connectivity index (χ1) is 11.9. The number of halogens is 1. The molecule has 0 bridgehead atoms. The first-order valence-corrected chi connectivity index (χ1v) is 11.1. The van der Waals surface area contributed by atoms with Crippen molar-refractivity contribution in [2.45, 2.75) is 49.6 Å². The van der Waals surface area contributed by atoms with Crippen molar-refractivity contribution in [3.63, 3.8) is 0 Å². The number of aliphatic hydroxyl groups is 1. The van der Waals surface area contributed by atoms with Crippen LogP contribution in [0.15, 0.2) is 38.6 Å². The molecule has 1 aliphatic rings. The van der Waals surface area contributed by atoms with Crippen LogP contribution in [0.3, 0.4) is 0 Å². The molecular weight excluding hydrogens is 406 g/mol. The van der Waals surface area contributed by atoms with Crippen molar-refractivity contribution in [3.05, 3.63) is 28.7 Å². The van der Waals surface area contributed by atoms with Crippen LogP contribution in [0.4, 0.5) is 0 Å². The molecule has 1 aromatic carbocycles. The summed E-state index contributed by atoms with van der Waals surface area (Å²) in [6, 6.07) is 6.91. The van der Waals surface area contributed by atoms with Crippen molar-refractivity contribution in [2.24, 2.45) is 4.99 Å². The molecule has 0 spiro atoms. The van der Waals surface area contributed by atoms with Gasteiger partial charge in [-0.2, -0.15) is 0 Å². The van der Waals surface area contributed by atoms with Crippen LogP contribution in [0.5, 0.6) is 0 Å². The molecule has 1 aromatic rings. The molecule has 2 rings (SSSR count). The van der Waals surface area contributed by atoms with Gasteiger partial charge in [0, 0.05) is 17.1 Å². The summed E-state index contributed by atoms with van der Waals surface area (Å²) in [6.07, 6.45) is 3.16. The average molecular weight is 432 g/mol. The normalized spacial score (nSPS) is 21.8. The van der Waals surface area contributed by atoms with Crippen LogP contribution in [0.1, 0.15) is 32.6 Å². The highest BCUT2D eigenvalue weighted by atomic mass is 79.9. The fraction of sp³-hybridized carbons (Fsp3) is 0.588. The Labute approximate surface area is 158 Å². The molecule has 6 nitrogen and oxygen atoms in total. The molecular formula is C17H26BrN3O3S. The molecule has 0 radical (unpaired) electrons. The Morgan fingerprint density at radius 2 is 1.88 bits per heavy atom. The highest BCUT2D eigenvalue weighted by Gasteiger charge is 2.20. The summed E-state index contributed by atoms with van der Waals surface area (Å²) >= 11 is 3.30. The number of nitrogens with one attached hydrogen (secondary N) is 2. The van der Waals surface area contributed by atoms with Gasteiger partial charge in [-0.15, -0.1) is 0 Å². The summed E-state index contributed by atoms with van der Waals surface area (Å²) in [4.78, 5) is 4.71. The minimum absolute atomic E-state index is 0.0331. The SMILES string of the molecule is CCNC(=NCCS(=O)(=O)c1ccc(Br)cc1)NC1CCC(O)CC1. The molecule has 8 heteroatoms. The van der Waals surface area contributed by atoms with E-state index in [4.69, 9.17) is 0 Å². The number of sulfone groups is 1. The lowest BCUT2D eigenvalue weighted by Crippen LogP contribution is -2.45. The maximum atomic E-state index is 12.4. The molecule has 0 atom stereocenters. The van der Waals surface area contributed by atoms with Crippen LogP contribution in [-0.4, -0.2) is 50.5 Å². The Kier molecular flexibility index (Phi) is 7.71.